The Bertz CT molecular complexity index is 5010. The molecule has 6 heterocycles. The number of aliphatic carboxylic acids is 1. The fraction of sp³-hybridized carbons (Fsp3) is 0.429. The zero-order valence-electron chi connectivity index (χ0n) is 69.7. The summed E-state index contributed by atoms with van der Waals surface area (Å²) >= 11 is 0. The number of alkyl halides is 18. The van der Waals surface area contributed by atoms with E-state index in [4.69, 9.17) is 30.4 Å². The Hall–Kier alpha value is -11.8. The largest absolute Gasteiger partial charge is 0.481 e. The third-order valence-corrected chi connectivity index (χ3v) is 24.0. The fourth-order valence-corrected chi connectivity index (χ4v) is 16.9. The number of piperidine rings is 3. The maximum atomic E-state index is 14.2. The molecule has 0 aliphatic carbocycles. The van der Waals surface area contributed by atoms with E-state index in [1.54, 1.807) is 97.1 Å². The lowest BCUT2D eigenvalue weighted by molar-refractivity contribution is -0.148. The van der Waals surface area contributed by atoms with Crippen molar-refractivity contribution in [2.24, 2.45) is 26.4 Å². The average Bonchev–Trinajstić information content (AvgIpc) is 1.06. The third-order valence-electron chi connectivity index (χ3n) is 24.0. The van der Waals surface area contributed by atoms with Gasteiger partial charge in [-0.3, -0.25) is 63.3 Å². The topological polar surface area (TPSA) is 303 Å². The summed E-state index contributed by atoms with van der Waals surface area (Å²) in [6, 6.07) is 39.0. The minimum Gasteiger partial charge on any atom is -0.481 e. The maximum Gasteiger partial charge on any atom is 0.416 e. The Kier molecular flexibility index (Phi) is 32.4. The van der Waals surface area contributed by atoms with E-state index in [0.29, 0.717) is 73.2 Å². The summed E-state index contributed by atoms with van der Waals surface area (Å²) in [6.07, 6.45) is -30.2. The molecule has 0 unspecified atom stereocenters. The number of nitrogens with two attached hydrogens (primary N) is 2. The van der Waals surface area contributed by atoms with Gasteiger partial charge in [0, 0.05) is 19.6 Å². The summed E-state index contributed by atoms with van der Waals surface area (Å²) in [5.74, 6) is -3.53. The van der Waals surface area contributed by atoms with Crippen molar-refractivity contribution < 1.29 is 137 Å². The number of benzene rings is 7. The molecular weight excluding hydrogens is 1780 g/mol. The number of ether oxygens (including phenoxy) is 4. The van der Waals surface area contributed by atoms with Gasteiger partial charge in [-0.15, -0.1) is 0 Å². The molecule has 23 nitrogen and oxygen atoms in total. The number of likely N-dealkylation sites (tertiary alicyclic amines) is 1. The van der Waals surface area contributed by atoms with Gasteiger partial charge in [0.1, 0.15) is 26.2 Å². The molecule has 0 radical (unpaired) electrons. The van der Waals surface area contributed by atoms with Crippen LogP contribution < -0.4 is 22.1 Å². The Morgan fingerprint density at radius 2 is 0.705 bits per heavy atom. The monoisotopic (exact) mass is 1880 g/mol. The maximum absolute atomic E-state index is 14.2. The molecule has 132 heavy (non-hydrogen) atoms. The second kappa shape index (κ2) is 41.1. The number of rotatable bonds is 26. The first kappa shape index (κ1) is 104. The van der Waals surface area contributed by atoms with Crippen molar-refractivity contribution in [3.8, 4) is 0 Å². The summed E-state index contributed by atoms with van der Waals surface area (Å²) in [7, 11) is 0. The Morgan fingerprint density at radius 1 is 0.409 bits per heavy atom. The smallest absolute Gasteiger partial charge is 0.416 e. The highest BCUT2D eigenvalue weighted by molar-refractivity contribution is 5.97. The van der Waals surface area contributed by atoms with Gasteiger partial charge in [0.05, 0.1) is 143 Å². The zero-order chi connectivity index (χ0) is 95.0. The number of nitrogens with one attached hydrogen (secondary N) is 2. The number of carbonyl (C=O) groups excluding carboxylic acids is 6. The molecule has 3 saturated heterocycles. The van der Waals surface area contributed by atoms with Crippen LogP contribution in [0.2, 0.25) is 0 Å². The Morgan fingerprint density at radius 3 is 0.985 bits per heavy atom. The Balaban J connectivity index is 0.000000223. The number of carboxylic acids is 1. The molecule has 0 aromatic heterocycles. The highest BCUT2D eigenvalue weighted by Crippen LogP contribution is 2.50. The van der Waals surface area contributed by atoms with E-state index in [1.165, 1.54) is 59.4 Å². The molecule has 13 rings (SSSR count). The second-order valence-electron chi connectivity index (χ2n) is 32.7. The van der Waals surface area contributed by atoms with Crippen LogP contribution in [-0.4, -0.2) is 161 Å². The SMILES string of the molecule is C.C.C[C@@H](OC[C@@]1(c2ccccc2)CC[C@](CC(=O)O)(N2C=NCC2=O)CN1C(=O)OCc1ccccc1)c1cc(C(F)(F)F)cc(C(F)(F)F)c1.C[C@@H](OC[C@@]1(c2ccccc2)CC[C@](CC(N)=O)(N2C=NCC2=O)CN1)c1cc(C(F)(F)F)cc(C(F)(F)F)c1.C[C@@H](OC[C@@]1(c2ccccc2)CC[C@](CC(N)=O)(N2C=NCC2=O)CN1)c1cc(C(F)(F)F)cc(C(F)(F)F)c1. The van der Waals surface area contributed by atoms with Crippen molar-refractivity contribution in [1.82, 2.24) is 30.2 Å². The minimum absolute atomic E-state index is 0. The molecule has 0 saturated carbocycles. The van der Waals surface area contributed by atoms with Crippen LogP contribution in [0.3, 0.4) is 0 Å². The van der Waals surface area contributed by atoms with Crippen LogP contribution in [0.15, 0.2) is 191 Å². The van der Waals surface area contributed by atoms with Gasteiger partial charge < -0.3 is 46.2 Å². The van der Waals surface area contributed by atoms with Crippen LogP contribution in [0.25, 0.3) is 0 Å². The van der Waals surface area contributed by atoms with Gasteiger partial charge in [0.15, 0.2) is 0 Å². The summed E-state index contributed by atoms with van der Waals surface area (Å²) in [4.78, 5) is 105. The number of carbonyl (C=O) groups is 7. The van der Waals surface area contributed by atoms with Gasteiger partial charge >= 0.3 is 49.1 Å². The van der Waals surface area contributed by atoms with Crippen LogP contribution in [0.4, 0.5) is 83.8 Å². The number of hydrogen-bond donors (Lipinski definition) is 5. The van der Waals surface area contributed by atoms with Crippen molar-refractivity contribution in [2.45, 2.75) is 189 Å². The molecule has 6 aliphatic heterocycles. The molecule has 3 fully saturated rings. The number of amides is 6. The fourth-order valence-electron chi connectivity index (χ4n) is 16.9. The highest BCUT2D eigenvalue weighted by atomic mass is 19.4. The third kappa shape index (κ3) is 24.3. The lowest BCUT2D eigenvalue weighted by Crippen LogP contribution is -2.67. The molecule has 0 bridgehead atoms. The molecule has 7 aromatic rings. The number of nitrogens with zero attached hydrogens (tertiary/aromatic N) is 7. The molecule has 7 aromatic carbocycles. The van der Waals surface area contributed by atoms with Crippen LogP contribution >= 0.6 is 0 Å². The molecule has 6 amide bonds. The molecule has 0 spiro atoms. The van der Waals surface area contributed by atoms with Gasteiger partial charge in [0.25, 0.3) is 0 Å². The van der Waals surface area contributed by atoms with E-state index in [0.717, 1.165) is 11.1 Å². The van der Waals surface area contributed by atoms with E-state index in [9.17, 15) is 118 Å². The number of halogens is 18. The van der Waals surface area contributed by atoms with Crippen LogP contribution in [0.1, 0.15) is 184 Å². The molecule has 714 valence electrons. The average molecular weight is 1880 g/mol. The summed E-state index contributed by atoms with van der Waals surface area (Å²) in [5.41, 5.74) is -2.76. The van der Waals surface area contributed by atoms with Crippen molar-refractivity contribution in [3.63, 3.8) is 0 Å². The normalized spacial score (nSPS) is 23.0. The second-order valence-corrected chi connectivity index (χ2v) is 32.7. The molecule has 9 atom stereocenters. The predicted octanol–water partition coefficient (Wildman–Crippen LogP) is 17.6. The van der Waals surface area contributed by atoms with Crippen molar-refractivity contribution in [2.75, 3.05) is 59.1 Å². The standard InChI is InChI=1S/C35H33F6N3O6.2C27H28F6N4O3.2CH4/c1-23(25-14-27(34(36,37)38)16-28(15-25)35(39,40)41)50-21-33(26-10-6-3-7-11-26)13-12-32(17-30(46)47,44-22-42-18-29(44)45)20-43(33)31(48)49-19-24-8-4-2-5-9-24;2*1-17(18-9-20(26(28,29)30)11-21(10-18)27(31,32)33)40-15-25(19-5-3-2-4-6-19)8-7-24(14-36-25,12-22(34)38)37-16-35-13-23(37)39;;/h2-11,14-16,22-23H,12-13,17-21H2,1H3,(H,46,47);2*2-6,9-11,16-17,36H,7-8,12-15H2,1H3,(H2,34,38);2*1H4/t23-,32-,33-;2*17-,24-,25-;;/m111../s1. The van der Waals surface area contributed by atoms with Gasteiger partial charge in [-0.25, -0.2) is 4.79 Å². The first-order valence-electron chi connectivity index (χ1n) is 40.5. The number of primary amides is 2. The van der Waals surface area contributed by atoms with Crippen LogP contribution in [-0.2, 0) is 108 Å². The van der Waals surface area contributed by atoms with E-state index >= 15 is 0 Å². The quantitative estimate of drug-likeness (QED) is 0.0315. The van der Waals surface area contributed by atoms with Crippen molar-refractivity contribution >= 4 is 60.6 Å². The highest BCUT2D eigenvalue weighted by Gasteiger charge is 2.58. The number of aliphatic imine (C=N–C) groups is 3. The van der Waals surface area contributed by atoms with Gasteiger partial charge in [-0.1, -0.05) is 136 Å². The first-order valence-corrected chi connectivity index (χ1v) is 40.5. The van der Waals surface area contributed by atoms with Gasteiger partial charge in [-0.2, -0.15) is 79.0 Å². The summed E-state index contributed by atoms with van der Waals surface area (Å²) < 4.78 is 266. The predicted molar refractivity (Wildman–Crippen MR) is 446 cm³/mol. The van der Waals surface area contributed by atoms with E-state index in [1.807, 2.05) is 24.3 Å². The first-order chi connectivity index (χ1) is 60.8. The van der Waals surface area contributed by atoms with E-state index < -0.39 is 170 Å². The summed E-state index contributed by atoms with van der Waals surface area (Å²) in [6.45, 7) is 2.72. The molecule has 6 aliphatic rings. The molecule has 7 N–H and O–H groups in total. The number of hydrogen-bond acceptors (Lipinski definition) is 16. The van der Waals surface area contributed by atoms with Crippen molar-refractivity contribution in [3.05, 3.63) is 248 Å². The van der Waals surface area contributed by atoms with Gasteiger partial charge in [-0.05, 0) is 153 Å². The summed E-state index contributed by atoms with van der Waals surface area (Å²) in [5, 5.41) is 16.7. The van der Waals surface area contributed by atoms with E-state index in [2.05, 4.69) is 25.6 Å². The van der Waals surface area contributed by atoms with Crippen molar-refractivity contribution in [1.29, 1.82) is 0 Å². The molecule has 41 heteroatoms. The zero-order valence-corrected chi connectivity index (χ0v) is 69.7. The lowest BCUT2D eigenvalue weighted by Gasteiger charge is -2.55. The number of carboxylic acid groups (broad SMARTS) is 1. The minimum atomic E-state index is -5.08. The van der Waals surface area contributed by atoms with Crippen LogP contribution in [0.5, 0.6) is 0 Å². The lowest BCUT2D eigenvalue weighted by atomic mass is 9.72. The van der Waals surface area contributed by atoms with Gasteiger partial charge in [0.2, 0.25) is 29.5 Å². The Labute approximate surface area is 747 Å². The molecular formula is C91H97F18N11O12. The van der Waals surface area contributed by atoms with E-state index in [-0.39, 0.29) is 141 Å². The van der Waals surface area contributed by atoms with Crippen LogP contribution in [0, 0.1) is 0 Å².